The van der Waals surface area contributed by atoms with E-state index in [1.165, 1.54) is 7.14 Å². The largest absolute Gasteiger partial charge is 0.497 e. The van der Waals surface area contributed by atoms with Crippen molar-refractivity contribution in [2.75, 3.05) is 14.2 Å². The average molecular weight is 479 g/mol. The Balaban J connectivity index is 1.89. The molecule has 2 aromatic carbocycles. The van der Waals surface area contributed by atoms with Crippen molar-refractivity contribution in [3.05, 3.63) is 55.2 Å². The predicted octanol–water partition coefficient (Wildman–Crippen LogP) is 0.703. The fourth-order valence-electron chi connectivity index (χ4n) is 3.36. The Morgan fingerprint density at radius 2 is 1.70 bits per heavy atom. The Kier molecular flexibility index (Phi) is 6.88. The summed E-state index contributed by atoms with van der Waals surface area (Å²) in [5.41, 5.74) is 1.12. The lowest BCUT2D eigenvalue weighted by atomic mass is 9.83. The number of ketones is 2. The van der Waals surface area contributed by atoms with Gasteiger partial charge in [-0.1, -0.05) is 18.2 Å². The van der Waals surface area contributed by atoms with Crippen LogP contribution in [0.3, 0.4) is 0 Å². The summed E-state index contributed by atoms with van der Waals surface area (Å²) < 4.78 is 13.6. The van der Waals surface area contributed by atoms with Crippen molar-refractivity contribution in [3.63, 3.8) is 0 Å². The van der Waals surface area contributed by atoms with Crippen molar-refractivity contribution in [2.24, 2.45) is 5.92 Å². The quantitative estimate of drug-likeness (QED) is 0.434. The molecule has 27 heavy (non-hydrogen) atoms. The van der Waals surface area contributed by atoms with Crippen LogP contribution < -0.4 is 30.7 Å². The summed E-state index contributed by atoms with van der Waals surface area (Å²) in [7, 11) is 3.31. The molecule has 0 bridgehead atoms. The van der Waals surface area contributed by atoms with Gasteiger partial charge in [-0.2, -0.15) is 0 Å². The molecule has 4 nitrogen and oxygen atoms in total. The molecule has 1 fully saturated rings. The number of hydrogen-bond acceptors (Lipinski definition) is 4. The van der Waals surface area contributed by atoms with Gasteiger partial charge in [0.1, 0.15) is 17.3 Å². The van der Waals surface area contributed by atoms with Crippen LogP contribution in [-0.2, 0) is 16.0 Å². The number of ether oxygens (including phenoxy) is 2. The third-order valence-electron chi connectivity index (χ3n) is 4.81. The first-order valence-electron chi connectivity index (χ1n) is 9.12. The Labute approximate surface area is 170 Å². The molecule has 5 heteroatoms. The molecular formula is C22H24IO4+. The van der Waals surface area contributed by atoms with Gasteiger partial charge in [-0.05, 0) is 37.5 Å². The minimum atomic E-state index is -0.446. The van der Waals surface area contributed by atoms with Crippen LogP contribution in [0.4, 0.5) is 0 Å². The molecule has 0 amide bonds. The summed E-state index contributed by atoms with van der Waals surface area (Å²) in [6.45, 7) is 0. The zero-order valence-electron chi connectivity index (χ0n) is 15.7. The number of Topliss-reactive ketones (excluding diaryl/α,β-unsaturated/α-hetero) is 2. The molecule has 142 valence electrons. The van der Waals surface area contributed by atoms with E-state index in [-0.39, 0.29) is 11.6 Å². The van der Waals surface area contributed by atoms with E-state index in [4.69, 9.17) is 9.47 Å². The van der Waals surface area contributed by atoms with Gasteiger partial charge in [0.25, 0.3) is 0 Å². The maximum absolute atomic E-state index is 12.2. The summed E-state index contributed by atoms with van der Waals surface area (Å²) in [5.74, 6) is 1.31. The second-order valence-corrected chi connectivity index (χ2v) is 9.43. The Bertz CT molecular complexity index is 801. The second-order valence-electron chi connectivity index (χ2n) is 6.57. The zero-order chi connectivity index (χ0) is 19.2. The molecule has 0 radical (unpaired) electrons. The van der Waals surface area contributed by atoms with Gasteiger partial charge in [-0.15, -0.1) is 0 Å². The molecule has 3 rings (SSSR count). The molecule has 1 aliphatic carbocycles. The Morgan fingerprint density at radius 1 is 1.00 bits per heavy atom. The number of methoxy groups -OCH3 is 2. The molecule has 0 saturated heterocycles. The minimum absolute atomic E-state index is 0.0976. The fraction of sp³-hybridized carbons (Fsp3) is 0.364. The molecular weight excluding hydrogens is 455 g/mol. The van der Waals surface area contributed by atoms with Crippen LogP contribution in [0.25, 0.3) is 0 Å². The van der Waals surface area contributed by atoms with E-state index in [2.05, 4.69) is 12.1 Å². The third kappa shape index (κ3) is 4.89. The summed E-state index contributed by atoms with van der Waals surface area (Å²) in [4.78, 5) is 24.4. The molecule has 1 saturated carbocycles. The first-order chi connectivity index (χ1) is 13.1. The summed E-state index contributed by atoms with van der Waals surface area (Å²) in [5, 5.41) is 0. The minimum Gasteiger partial charge on any atom is -0.497 e. The first kappa shape index (κ1) is 19.9. The van der Waals surface area contributed by atoms with E-state index in [0.29, 0.717) is 32.1 Å². The lowest BCUT2D eigenvalue weighted by Gasteiger charge is -2.19. The highest BCUT2D eigenvalue weighted by atomic mass is 127. The summed E-state index contributed by atoms with van der Waals surface area (Å²) in [6.07, 6.45) is 3.01. The van der Waals surface area contributed by atoms with Crippen LogP contribution in [0, 0.1) is 13.1 Å². The lowest BCUT2D eigenvalue weighted by Crippen LogP contribution is -3.61. The number of carbonyl (C=O) groups is 2. The molecule has 0 aliphatic heterocycles. The van der Waals surface area contributed by atoms with E-state index >= 15 is 0 Å². The smallest absolute Gasteiger partial charge is 0.362 e. The summed E-state index contributed by atoms with van der Waals surface area (Å²) in [6, 6.07) is 14.3. The molecule has 0 spiro atoms. The molecule has 0 N–H and O–H groups in total. The van der Waals surface area contributed by atoms with Gasteiger partial charge in [0.05, 0.1) is 20.1 Å². The Hall–Kier alpha value is -1.89. The highest BCUT2D eigenvalue weighted by molar-refractivity contribution is 6.04. The normalized spacial score (nSPS) is 15.0. The van der Waals surface area contributed by atoms with E-state index < -0.39 is 27.1 Å². The van der Waals surface area contributed by atoms with E-state index in [0.717, 1.165) is 17.1 Å². The van der Waals surface area contributed by atoms with E-state index in [9.17, 15) is 9.59 Å². The van der Waals surface area contributed by atoms with Crippen LogP contribution in [0.5, 0.6) is 11.5 Å². The molecule has 1 aliphatic rings. The SMILES string of the molecule is COc1cc(CCC2C(=O)CCCC2=O)c([I+]c2ccccc2)c(OC)c1. The van der Waals surface area contributed by atoms with Crippen molar-refractivity contribution in [2.45, 2.75) is 32.1 Å². The molecule has 0 aromatic heterocycles. The van der Waals surface area contributed by atoms with Gasteiger partial charge in [0, 0.05) is 24.5 Å². The van der Waals surface area contributed by atoms with E-state index in [1.54, 1.807) is 14.2 Å². The maximum Gasteiger partial charge on any atom is 0.362 e. The van der Waals surface area contributed by atoms with Crippen molar-refractivity contribution >= 4 is 11.6 Å². The zero-order valence-corrected chi connectivity index (χ0v) is 17.8. The molecule has 2 aromatic rings. The molecule has 0 heterocycles. The van der Waals surface area contributed by atoms with Gasteiger partial charge >= 0.3 is 21.2 Å². The number of hydrogen-bond donors (Lipinski definition) is 0. The average Bonchev–Trinajstić information content (AvgIpc) is 2.69. The van der Waals surface area contributed by atoms with Crippen LogP contribution in [0.15, 0.2) is 42.5 Å². The fourth-order valence-corrected chi connectivity index (χ4v) is 6.17. The Morgan fingerprint density at radius 3 is 2.33 bits per heavy atom. The lowest BCUT2D eigenvalue weighted by molar-refractivity contribution is -0.599. The van der Waals surface area contributed by atoms with Crippen LogP contribution in [-0.4, -0.2) is 25.8 Å². The maximum atomic E-state index is 12.2. The molecule has 0 atom stereocenters. The van der Waals surface area contributed by atoms with Gasteiger partial charge in [0.15, 0.2) is 9.32 Å². The standard InChI is InChI=1S/C22H24IO4/c1-26-17-13-15(11-12-18-19(24)9-6-10-20(18)25)22(21(14-17)27-2)23-16-7-4-3-5-8-16/h3-5,7-8,13-14,18H,6,9-12H2,1-2H3/q+1. The predicted molar refractivity (Wildman–Crippen MR) is 99.1 cm³/mol. The van der Waals surface area contributed by atoms with Crippen molar-refractivity contribution in [1.29, 1.82) is 0 Å². The van der Waals surface area contributed by atoms with Gasteiger partial charge in [-0.25, -0.2) is 0 Å². The number of halogens is 1. The monoisotopic (exact) mass is 479 g/mol. The highest BCUT2D eigenvalue weighted by Crippen LogP contribution is 2.27. The topological polar surface area (TPSA) is 52.6 Å². The second kappa shape index (κ2) is 9.35. The number of carbonyl (C=O) groups excluding carboxylic acids is 2. The van der Waals surface area contributed by atoms with Crippen LogP contribution in [0.1, 0.15) is 31.2 Å². The summed E-state index contributed by atoms with van der Waals surface area (Å²) >= 11 is -0.443. The highest BCUT2D eigenvalue weighted by Gasteiger charge is 2.32. The number of rotatable bonds is 7. The van der Waals surface area contributed by atoms with Crippen molar-refractivity contribution < 1.29 is 40.3 Å². The number of aryl methyl sites for hydroxylation is 1. The van der Waals surface area contributed by atoms with Gasteiger partial charge in [-0.3, -0.25) is 9.59 Å². The number of benzene rings is 2. The van der Waals surface area contributed by atoms with Crippen LogP contribution >= 0.6 is 0 Å². The van der Waals surface area contributed by atoms with Crippen molar-refractivity contribution in [3.8, 4) is 11.5 Å². The molecule has 0 unspecified atom stereocenters. The van der Waals surface area contributed by atoms with Gasteiger partial charge < -0.3 is 9.47 Å². The van der Waals surface area contributed by atoms with E-state index in [1.807, 2.05) is 30.3 Å². The third-order valence-corrected chi connectivity index (χ3v) is 7.91. The first-order valence-corrected chi connectivity index (χ1v) is 11.3. The van der Waals surface area contributed by atoms with Crippen LogP contribution in [0.2, 0.25) is 0 Å². The van der Waals surface area contributed by atoms with Crippen molar-refractivity contribution in [1.82, 2.24) is 0 Å². The van der Waals surface area contributed by atoms with Gasteiger partial charge in [0.2, 0.25) is 3.57 Å².